The monoisotopic (exact) mass is 343 g/mol. The van der Waals surface area contributed by atoms with E-state index in [0.717, 1.165) is 35.2 Å². The maximum Gasteiger partial charge on any atom is 0.253 e. The van der Waals surface area contributed by atoms with Crippen LogP contribution in [0.1, 0.15) is 68.8 Å². The number of aromatic nitrogens is 1. The molecular weight excluding hydrogens is 314 g/mol. The number of unbranched alkanes of at least 4 members (excludes halogenated alkanes) is 1. The number of rotatable bonds is 3. The SMILES string of the molecule is CCCCn1c(C)c2c(c(C)c1=O)CC1(C2)C(=O)CC(C)(C)CC1=O. The lowest BCUT2D eigenvalue weighted by molar-refractivity contribution is -0.147. The van der Waals surface area contributed by atoms with Crippen LogP contribution in [-0.4, -0.2) is 16.1 Å². The van der Waals surface area contributed by atoms with Crippen molar-refractivity contribution < 1.29 is 9.59 Å². The summed E-state index contributed by atoms with van der Waals surface area (Å²) in [5, 5.41) is 0. The highest BCUT2D eigenvalue weighted by Crippen LogP contribution is 2.48. The third-order valence-electron chi connectivity index (χ3n) is 6.26. The molecule has 1 saturated carbocycles. The quantitative estimate of drug-likeness (QED) is 0.791. The van der Waals surface area contributed by atoms with Crippen LogP contribution in [0, 0.1) is 24.7 Å². The van der Waals surface area contributed by atoms with Gasteiger partial charge in [0.25, 0.3) is 5.56 Å². The molecular formula is C21H29NO3. The van der Waals surface area contributed by atoms with Crippen molar-refractivity contribution in [2.75, 3.05) is 0 Å². The summed E-state index contributed by atoms with van der Waals surface area (Å²) in [6.45, 7) is 10.6. The number of nitrogens with zero attached hydrogens (tertiary/aromatic N) is 1. The first kappa shape index (κ1) is 18.1. The van der Waals surface area contributed by atoms with Gasteiger partial charge in [-0.3, -0.25) is 14.4 Å². The van der Waals surface area contributed by atoms with Crippen LogP contribution in [-0.2, 0) is 29.0 Å². The van der Waals surface area contributed by atoms with E-state index in [1.54, 1.807) is 0 Å². The predicted octanol–water partition coefficient (Wildman–Crippen LogP) is 3.31. The minimum atomic E-state index is -0.913. The molecule has 0 atom stereocenters. The Kier molecular flexibility index (Phi) is 4.29. The molecule has 3 rings (SSSR count). The van der Waals surface area contributed by atoms with Crippen molar-refractivity contribution in [2.24, 2.45) is 10.8 Å². The van der Waals surface area contributed by atoms with Crippen molar-refractivity contribution in [3.63, 3.8) is 0 Å². The minimum Gasteiger partial charge on any atom is -0.312 e. The fraction of sp³-hybridized carbons (Fsp3) is 0.667. The van der Waals surface area contributed by atoms with Gasteiger partial charge in [0.15, 0.2) is 0 Å². The van der Waals surface area contributed by atoms with Gasteiger partial charge < -0.3 is 4.57 Å². The van der Waals surface area contributed by atoms with E-state index < -0.39 is 5.41 Å². The fourth-order valence-corrected chi connectivity index (χ4v) is 4.64. The molecule has 0 amide bonds. The number of fused-ring (bicyclic) bond motifs is 1. The fourth-order valence-electron chi connectivity index (χ4n) is 4.64. The molecule has 25 heavy (non-hydrogen) atoms. The van der Waals surface area contributed by atoms with Gasteiger partial charge >= 0.3 is 0 Å². The average Bonchev–Trinajstić information content (AvgIpc) is 2.93. The first-order valence-electron chi connectivity index (χ1n) is 9.41. The Hall–Kier alpha value is -1.71. The molecule has 0 radical (unpaired) electrons. The van der Waals surface area contributed by atoms with Crippen molar-refractivity contribution >= 4 is 11.6 Å². The zero-order chi connectivity index (χ0) is 18.6. The topological polar surface area (TPSA) is 56.1 Å². The second kappa shape index (κ2) is 5.93. The number of pyridine rings is 1. The van der Waals surface area contributed by atoms with Gasteiger partial charge in [-0.1, -0.05) is 27.2 Å². The van der Waals surface area contributed by atoms with E-state index in [9.17, 15) is 14.4 Å². The number of hydrogen-bond acceptors (Lipinski definition) is 3. The molecule has 4 nitrogen and oxygen atoms in total. The maximum atomic E-state index is 13.0. The summed E-state index contributed by atoms with van der Waals surface area (Å²) >= 11 is 0. The number of carbonyl (C=O) groups excluding carboxylic acids is 2. The van der Waals surface area contributed by atoms with Gasteiger partial charge in [-0.2, -0.15) is 0 Å². The van der Waals surface area contributed by atoms with E-state index in [1.807, 2.05) is 32.3 Å². The average molecular weight is 343 g/mol. The van der Waals surface area contributed by atoms with E-state index in [-0.39, 0.29) is 22.5 Å². The molecule has 1 aromatic heterocycles. The smallest absolute Gasteiger partial charge is 0.253 e. The number of carbonyl (C=O) groups is 2. The number of hydrogen-bond donors (Lipinski definition) is 0. The van der Waals surface area contributed by atoms with Gasteiger partial charge in [-0.15, -0.1) is 0 Å². The lowest BCUT2D eigenvalue weighted by Crippen LogP contribution is -2.48. The third kappa shape index (κ3) is 2.70. The summed E-state index contributed by atoms with van der Waals surface area (Å²) in [5.41, 5.74) is 2.57. The summed E-state index contributed by atoms with van der Waals surface area (Å²) in [4.78, 5) is 38.7. The summed E-state index contributed by atoms with van der Waals surface area (Å²) < 4.78 is 1.85. The van der Waals surface area contributed by atoms with Crippen LogP contribution in [0.2, 0.25) is 0 Å². The van der Waals surface area contributed by atoms with Crippen molar-refractivity contribution in [1.82, 2.24) is 4.57 Å². The van der Waals surface area contributed by atoms with Crippen LogP contribution in [0.5, 0.6) is 0 Å². The van der Waals surface area contributed by atoms with E-state index in [0.29, 0.717) is 32.2 Å². The molecule has 0 unspecified atom stereocenters. The van der Waals surface area contributed by atoms with Gasteiger partial charge in [0.1, 0.15) is 11.6 Å². The Labute approximate surface area is 149 Å². The van der Waals surface area contributed by atoms with Crippen LogP contribution >= 0.6 is 0 Å². The van der Waals surface area contributed by atoms with Gasteiger partial charge in [-0.25, -0.2) is 0 Å². The molecule has 0 aliphatic heterocycles. The van der Waals surface area contributed by atoms with Crippen LogP contribution in [0.3, 0.4) is 0 Å². The van der Waals surface area contributed by atoms with E-state index >= 15 is 0 Å². The minimum absolute atomic E-state index is 0.0396. The zero-order valence-electron chi connectivity index (χ0n) is 16.1. The van der Waals surface area contributed by atoms with Crippen LogP contribution in [0.15, 0.2) is 4.79 Å². The normalized spacial score (nSPS) is 21.0. The molecule has 1 aromatic rings. The highest BCUT2D eigenvalue weighted by molar-refractivity contribution is 6.10. The van der Waals surface area contributed by atoms with Crippen molar-refractivity contribution in [1.29, 1.82) is 0 Å². The van der Waals surface area contributed by atoms with Crippen molar-refractivity contribution in [2.45, 2.75) is 79.7 Å². The summed E-state index contributed by atoms with van der Waals surface area (Å²) in [6, 6.07) is 0. The van der Waals surface area contributed by atoms with E-state index in [2.05, 4.69) is 6.92 Å². The van der Waals surface area contributed by atoms with Crippen molar-refractivity contribution in [3.05, 3.63) is 32.7 Å². The molecule has 0 bridgehead atoms. The zero-order valence-corrected chi connectivity index (χ0v) is 16.1. The molecule has 1 heterocycles. The Bertz CT molecular complexity index is 793. The van der Waals surface area contributed by atoms with Gasteiger partial charge in [0.05, 0.1) is 5.41 Å². The summed E-state index contributed by atoms with van der Waals surface area (Å²) in [5.74, 6) is 0.132. The predicted molar refractivity (Wildman–Crippen MR) is 98.0 cm³/mol. The van der Waals surface area contributed by atoms with Crippen LogP contribution in [0.4, 0.5) is 0 Å². The van der Waals surface area contributed by atoms with E-state index in [4.69, 9.17) is 0 Å². The molecule has 0 N–H and O–H groups in total. The molecule has 1 fully saturated rings. The highest BCUT2D eigenvalue weighted by Gasteiger charge is 2.55. The molecule has 2 aliphatic carbocycles. The first-order valence-corrected chi connectivity index (χ1v) is 9.41. The van der Waals surface area contributed by atoms with Crippen molar-refractivity contribution in [3.8, 4) is 0 Å². The summed E-state index contributed by atoms with van der Waals surface area (Å²) in [6.07, 6.45) is 3.78. The first-order chi connectivity index (χ1) is 11.6. The van der Waals surface area contributed by atoms with Crippen LogP contribution < -0.4 is 5.56 Å². The standard InChI is InChI=1S/C21H29NO3/c1-6-7-8-22-14(3)16-10-21(9-15(16)13(2)19(22)25)17(23)11-20(4,5)12-18(21)24/h6-12H2,1-5H3. The Balaban J connectivity index is 2.08. The molecule has 2 aliphatic rings. The Morgan fingerprint density at radius 2 is 1.48 bits per heavy atom. The van der Waals surface area contributed by atoms with Gasteiger partial charge in [0.2, 0.25) is 0 Å². The molecule has 0 aromatic carbocycles. The lowest BCUT2D eigenvalue weighted by atomic mass is 9.62. The number of Topliss-reactive ketones (excluding diaryl/α,β-unsaturated/α-hetero) is 2. The summed E-state index contributed by atoms with van der Waals surface area (Å²) in [7, 11) is 0. The lowest BCUT2D eigenvalue weighted by Gasteiger charge is -2.38. The second-order valence-electron chi connectivity index (χ2n) is 8.78. The molecule has 4 heteroatoms. The van der Waals surface area contributed by atoms with Crippen LogP contribution in [0.25, 0.3) is 0 Å². The maximum absolute atomic E-state index is 13.0. The van der Waals surface area contributed by atoms with E-state index in [1.165, 1.54) is 0 Å². The Morgan fingerprint density at radius 1 is 0.920 bits per heavy atom. The molecule has 136 valence electrons. The van der Waals surface area contributed by atoms with Gasteiger partial charge in [-0.05, 0) is 49.7 Å². The number of ketones is 2. The highest BCUT2D eigenvalue weighted by atomic mass is 16.2. The third-order valence-corrected chi connectivity index (χ3v) is 6.26. The largest absolute Gasteiger partial charge is 0.312 e. The second-order valence-corrected chi connectivity index (χ2v) is 8.78. The Morgan fingerprint density at radius 3 is 2.04 bits per heavy atom. The molecule has 1 spiro atoms. The van der Waals surface area contributed by atoms with Gasteiger partial charge in [0, 0.05) is 30.6 Å². The molecule has 0 saturated heterocycles.